The molecule has 0 spiro atoms. The van der Waals surface area contributed by atoms with E-state index in [1.165, 1.54) is 4.90 Å². The maximum absolute atomic E-state index is 13.2. The third-order valence-corrected chi connectivity index (χ3v) is 6.28. The highest BCUT2D eigenvalue weighted by molar-refractivity contribution is 8.14. The maximum Gasteiger partial charge on any atom is 0.241 e. The number of nitrogens with zero attached hydrogens (tertiary/aromatic N) is 2. The SMILES string of the molecule is O=C(CSC1=NC2NNCC2C(=O)N1c1ccc(Cl)cc1Cl)Nc1ccc(Cl)cc1. The molecule has 0 bridgehead atoms. The van der Waals surface area contributed by atoms with Crippen LogP contribution in [0.5, 0.6) is 0 Å². The molecule has 1 saturated heterocycles. The number of nitrogens with one attached hydrogen (secondary N) is 3. The van der Waals surface area contributed by atoms with E-state index in [0.717, 1.165) is 11.8 Å². The number of hydrazine groups is 1. The number of thioether (sulfide) groups is 1. The Balaban J connectivity index is 1.54. The predicted molar refractivity (Wildman–Crippen MR) is 122 cm³/mol. The van der Waals surface area contributed by atoms with E-state index in [1.807, 2.05) is 0 Å². The molecule has 4 rings (SSSR count). The summed E-state index contributed by atoms with van der Waals surface area (Å²) in [6.45, 7) is 0.448. The number of hydrogen-bond acceptors (Lipinski definition) is 6. The van der Waals surface area contributed by atoms with Crippen LogP contribution in [0.1, 0.15) is 0 Å². The minimum atomic E-state index is -0.401. The normalized spacial score (nSPS) is 20.7. The van der Waals surface area contributed by atoms with E-state index in [9.17, 15) is 9.59 Å². The molecule has 3 N–H and O–H groups in total. The van der Waals surface area contributed by atoms with E-state index in [0.29, 0.717) is 38.2 Å². The lowest BCUT2D eigenvalue weighted by Crippen LogP contribution is -2.49. The van der Waals surface area contributed by atoms with E-state index >= 15 is 0 Å². The lowest BCUT2D eigenvalue weighted by atomic mass is 10.0. The van der Waals surface area contributed by atoms with Crippen LogP contribution < -0.4 is 21.1 Å². The zero-order valence-electron chi connectivity index (χ0n) is 15.4. The van der Waals surface area contributed by atoms with E-state index in [2.05, 4.69) is 21.2 Å². The minimum Gasteiger partial charge on any atom is -0.325 e. The Morgan fingerprint density at radius 1 is 1.17 bits per heavy atom. The van der Waals surface area contributed by atoms with Crippen LogP contribution in [0.25, 0.3) is 0 Å². The van der Waals surface area contributed by atoms with E-state index in [1.54, 1.807) is 42.5 Å². The molecule has 0 aromatic heterocycles. The Morgan fingerprint density at radius 3 is 2.63 bits per heavy atom. The quantitative estimate of drug-likeness (QED) is 0.615. The summed E-state index contributed by atoms with van der Waals surface area (Å²) in [5, 5.41) is 4.55. The highest BCUT2D eigenvalue weighted by Crippen LogP contribution is 2.35. The molecule has 2 amide bonds. The van der Waals surface area contributed by atoms with Gasteiger partial charge in [-0.2, -0.15) is 0 Å². The summed E-state index contributed by atoms with van der Waals surface area (Å²) in [6, 6.07) is 11.7. The molecular formula is C19H16Cl3N5O2S. The summed E-state index contributed by atoms with van der Waals surface area (Å²) >= 11 is 19.4. The van der Waals surface area contributed by atoms with Crippen molar-refractivity contribution in [2.45, 2.75) is 6.17 Å². The van der Waals surface area contributed by atoms with Crippen molar-refractivity contribution < 1.29 is 9.59 Å². The number of rotatable bonds is 4. The van der Waals surface area contributed by atoms with Gasteiger partial charge in [-0.1, -0.05) is 46.6 Å². The number of carbonyl (C=O) groups is 2. The summed E-state index contributed by atoms with van der Waals surface area (Å²) in [6.07, 6.45) is -0.401. The van der Waals surface area contributed by atoms with Crippen molar-refractivity contribution in [3.63, 3.8) is 0 Å². The molecule has 7 nitrogen and oxygen atoms in total. The van der Waals surface area contributed by atoms with Gasteiger partial charge >= 0.3 is 0 Å². The minimum absolute atomic E-state index is 0.0568. The second-order valence-electron chi connectivity index (χ2n) is 6.60. The van der Waals surface area contributed by atoms with Crippen molar-refractivity contribution in [1.82, 2.24) is 10.9 Å². The van der Waals surface area contributed by atoms with Crippen LogP contribution in [0.15, 0.2) is 47.5 Å². The van der Waals surface area contributed by atoms with Gasteiger partial charge in [-0.3, -0.25) is 19.9 Å². The summed E-state index contributed by atoms with van der Waals surface area (Å²) in [4.78, 5) is 31.7. The van der Waals surface area contributed by atoms with Crippen molar-refractivity contribution in [2.75, 3.05) is 22.5 Å². The molecule has 11 heteroatoms. The van der Waals surface area contributed by atoms with Gasteiger partial charge in [0.25, 0.3) is 0 Å². The zero-order valence-corrected chi connectivity index (χ0v) is 18.4. The molecule has 2 aliphatic heterocycles. The highest BCUT2D eigenvalue weighted by atomic mass is 35.5. The average Bonchev–Trinajstić information content (AvgIpc) is 3.18. The maximum atomic E-state index is 13.2. The first-order valence-electron chi connectivity index (χ1n) is 8.96. The van der Waals surface area contributed by atoms with Crippen LogP contribution >= 0.6 is 46.6 Å². The molecule has 156 valence electrons. The Kier molecular flexibility index (Phi) is 6.52. The highest BCUT2D eigenvalue weighted by Gasteiger charge is 2.42. The van der Waals surface area contributed by atoms with Crippen LogP contribution in [-0.4, -0.2) is 35.4 Å². The molecule has 1 fully saturated rings. The molecule has 2 unspecified atom stereocenters. The number of hydrogen-bond donors (Lipinski definition) is 3. The molecule has 2 atom stereocenters. The smallest absolute Gasteiger partial charge is 0.241 e. The summed E-state index contributed by atoms with van der Waals surface area (Å²) in [5.74, 6) is -0.707. The topological polar surface area (TPSA) is 85.8 Å². The zero-order chi connectivity index (χ0) is 21.3. The van der Waals surface area contributed by atoms with Gasteiger partial charge in [0.05, 0.1) is 22.4 Å². The molecular weight excluding hydrogens is 469 g/mol. The van der Waals surface area contributed by atoms with Crippen molar-refractivity contribution in [2.24, 2.45) is 10.9 Å². The van der Waals surface area contributed by atoms with Crippen LogP contribution in [0.4, 0.5) is 11.4 Å². The molecule has 30 heavy (non-hydrogen) atoms. The van der Waals surface area contributed by atoms with Crippen molar-refractivity contribution in [1.29, 1.82) is 0 Å². The van der Waals surface area contributed by atoms with Crippen LogP contribution in [0.3, 0.4) is 0 Å². The van der Waals surface area contributed by atoms with Gasteiger partial charge < -0.3 is 5.32 Å². The van der Waals surface area contributed by atoms with Gasteiger partial charge in [0.2, 0.25) is 11.8 Å². The van der Waals surface area contributed by atoms with E-state index in [4.69, 9.17) is 34.8 Å². The first-order chi connectivity index (χ1) is 14.4. The number of anilines is 2. The number of halogens is 3. The third kappa shape index (κ3) is 4.59. The molecule has 2 heterocycles. The summed E-state index contributed by atoms with van der Waals surface area (Å²) in [7, 11) is 0. The summed E-state index contributed by atoms with van der Waals surface area (Å²) in [5.41, 5.74) is 7.04. The second-order valence-corrected chi connectivity index (χ2v) is 8.82. The van der Waals surface area contributed by atoms with Crippen LogP contribution in [-0.2, 0) is 9.59 Å². The number of carbonyl (C=O) groups excluding carboxylic acids is 2. The molecule has 2 aliphatic rings. The fraction of sp³-hybridized carbons (Fsp3) is 0.211. The van der Waals surface area contributed by atoms with Crippen molar-refractivity contribution in [3.8, 4) is 0 Å². The Labute approximate surface area is 192 Å². The monoisotopic (exact) mass is 483 g/mol. The van der Waals surface area contributed by atoms with Gasteiger partial charge in [-0.15, -0.1) is 0 Å². The first kappa shape index (κ1) is 21.4. The number of fused-ring (bicyclic) bond motifs is 1. The fourth-order valence-electron chi connectivity index (χ4n) is 3.11. The van der Waals surface area contributed by atoms with Gasteiger partial charge in [0.1, 0.15) is 6.17 Å². The van der Waals surface area contributed by atoms with Gasteiger partial charge in [-0.05, 0) is 42.5 Å². The van der Waals surface area contributed by atoms with Crippen molar-refractivity contribution in [3.05, 3.63) is 57.5 Å². The Morgan fingerprint density at radius 2 is 1.90 bits per heavy atom. The molecule has 2 aromatic rings. The molecule has 2 aromatic carbocycles. The fourth-order valence-corrected chi connectivity index (χ4v) is 4.57. The Bertz CT molecular complexity index is 1020. The number of amides is 2. The Hall–Kier alpha value is -1.81. The molecule has 0 radical (unpaired) electrons. The van der Waals surface area contributed by atoms with E-state index < -0.39 is 6.17 Å². The lowest BCUT2D eigenvalue weighted by Gasteiger charge is -2.32. The van der Waals surface area contributed by atoms with Gasteiger partial charge in [-0.25, -0.2) is 10.4 Å². The largest absolute Gasteiger partial charge is 0.325 e. The second kappa shape index (κ2) is 9.13. The first-order valence-corrected chi connectivity index (χ1v) is 11.1. The standard InChI is InChI=1S/C19H16Cl3N5O2S/c20-10-1-4-12(5-2-10)24-16(28)9-30-19-25-17-13(8-23-26-17)18(29)27(19)15-6-3-11(21)7-14(15)22/h1-7,13,17,23,26H,8-9H2,(H,24,28). The van der Waals surface area contributed by atoms with Gasteiger partial charge in [0.15, 0.2) is 5.17 Å². The van der Waals surface area contributed by atoms with E-state index in [-0.39, 0.29) is 23.5 Å². The molecule has 0 saturated carbocycles. The third-order valence-electron chi connectivity index (χ3n) is 4.54. The van der Waals surface area contributed by atoms with Gasteiger partial charge in [0, 0.05) is 22.3 Å². The number of aliphatic imine (C=N–C) groups is 1. The average molecular weight is 485 g/mol. The lowest BCUT2D eigenvalue weighted by molar-refractivity contribution is -0.121. The summed E-state index contributed by atoms with van der Waals surface area (Å²) < 4.78 is 0. The molecule has 0 aliphatic carbocycles. The number of amidine groups is 1. The predicted octanol–water partition coefficient (Wildman–Crippen LogP) is 3.77. The van der Waals surface area contributed by atoms with Crippen LogP contribution in [0, 0.1) is 5.92 Å². The number of benzene rings is 2. The van der Waals surface area contributed by atoms with Crippen molar-refractivity contribution >= 4 is 74.9 Å². The van der Waals surface area contributed by atoms with Crippen LogP contribution in [0.2, 0.25) is 15.1 Å².